The van der Waals surface area contributed by atoms with E-state index in [0.29, 0.717) is 10.9 Å². The third-order valence-corrected chi connectivity index (χ3v) is 7.03. The predicted octanol–water partition coefficient (Wildman–Crippen LogP) is 3.44. The van der Waals surface area contributed by atoms with Crippen molar-refractivity contribution in [2.24, 2.45) is 0 Å². The molecule has 1 aliphatic carbocycles. The summed E-state index contributed by atoms with van der Waals surface area (Å²) in [6, 6.07) is 4.29. The van der Waals surface area contributed by atoms with Gasteiger partial charge in [-0.2, -0.15) is 0 Å². The Hall–Kier alpha value is -2.94. The number of halogens is 1. The van der Waals surface area contributed by atoms with Gasteiger partial charge in [-0.05, 0) is 38.0 Å². The maximum absolute atomic E-state index is 14.1. The van der Waals surface area contributed by atoms with E-state index in [2.05, 4.69) is 10.6 Å². The van der Waals surface area contributed by atoms with E-state index < -0.39 is 17.3 Å². The van der Waals surface area contributed by atoms with E-state index in [9.17, 15) is 18.8 Å². The van der Waals surface area contributed by atoms with Crippen LogP contribution in [-0.2, 0) is 20.9 Å². The Morgan fingerprint density at radius 3 is 2.56 bits per heavy atom. The number of methoxy groups -OCH3 is 1. The number of nitrogens with zero attached hydrogens (tertiary/aromatic N) is 2. The van der Waals surface area contributed by atoms with Gasteiger partial charge in [-0.3, -0.25) is 14.4 Å². The molecule has 4 rings (SSSR count). The first-order chi connectivity index (χ1) is 16.3. The first-order valence-corrected chi connectivity index (χ1v) is 12.0. The molecule has 2 heterocycles. The standard InChI is InChI=1S/C25H33FN4O4/c1-16(31)27-21-19-14-17(26)10-11-20(19)29-15-25(2,30(12-13-34-3)23(32)22(21)29)24(33)28-18-8-6-4-5-7-9-18/h10-11,14,18H,4-9,12-13,15H2,1-3H3,(H,27,31)(H,28,33). The minimum Gasteiger partial charge on any atom is -0.383 e. The summed E-state index contributed by atoms with van der Waals surface area (Å²) in [7, 11) is 1.54. The van der Waals surface area contributed by atoms with Gasteiger partial charge in [0.25, 0.3) is 5.91 Å². The van der Waals surface area contributed by atoms with Gasteiger partial charge in [0.05, 0.1) is 24.4 Å². The maximum atomic E-state index is 14.1. The highest BCUT2D eigenvalue weighted by molar-refractivity contribution is 6.14. The number of benzene rings is 1. The summed E-state index contributed by atoms with van der Waals surface area (Å²) >= 11 is 0. The first-order valence-electron chi connectivity index (χ1n) is 12.0. The molecule has 2 aliphatic rings. The zero-order valence-electron chi connectivity index (χ0n) is 20.1. The molecule has 34 heavy (non-hydrogen) atoms. The number of ether oxygens (including phenoxy) is 1. The van der Waals surface area contributed by atoms with Crippen LogP contribution in [0.4, 0.5) is 10.1 Å². The SMILES string of the molecule is COCCN1C(=O)c2c(NC(C)=O)c3cc(F)ccc3n2CC1(C)C(=O)NC1CCCCCC1. The van der Waals surface area contributed by atoms with Crippen LogP contribution in [0.2, 0.25) is 0 Å². The fourth-order valence-corrected chi connectivity index (χ4v) is 5.25. The molecule has 9 heteroatoms. The zero-order valence-corrected chi connectivity index (χ0v) is 20.1. The van der Waals surface area contributed by atoms with Gasteiger partial charge in [0.1, 0.15) is 17.1 Å². The van der Waals surface area contributed by atoms with Crippen molar-refractivity contribution in [2.75, 3.05) is 25.6 Å². The van der Waals surface area contributed by atoms with Gasteiger partial charge < -0.3 is 24.8 Å². The summed E-state index contributed by atoms with van der Waals surface area (Å²) in [6.07, 6.45) is 6.35. The normalized spacial score (nSPS) is 21.3. The summed E-state index contributed by atoms with van der Waals surface area (Å²) < 4.78 is 21.1. The minimum atomic E-state index is -1.18. The molecule has 0 saturated heterocycles. The molecule has 1 aromatic heterocycles. The largest absolute Gasteiger partial charge is 0.383 e. The number of nitrogens with one attached hydrogen (secondary N) is 2. The second-order valence-corrected chi connectivity index (χ2v) is 9.54. The molecule has 0 spiro atoms. The van der Waals surface area contributed by atoms with Crippen molar-refractivity contribution >= 4 is 34.3 Å². The van der Waals surface area contributed by atoms with Gasteiger partial charge in [-0.1, -0.05) is 25.7 Å². The number of aromatic nitrogens is 1. The second-order valence-electron chi connectivity index (χ2n) is 9.54. The van der Waals surface area contributed by atoms with E-state index in [-0.39, 0.29) is 48.9 Å². The van der Waals surface area contributed by atoms with Gasteiger partial charge in [-0.25, -0.2) is 4.39 Å². The number of hydrogen-bond donors (Lipinski definition) is 2. The smallest absolute Gasteiger partial charge is 0.273 e. The van der Waals surface area contributed by atoms with Crippen molar-refractivity contribution < 1.29 is 23.5 Å². The van der Waals surface area contributed by atoms with Crippen LogP contribution in [0.5, 0.6) is 0 Å². The van der Waals surface area contributed by atoms with E-state index in [0.717, 1.165) is 25.7 Å². The molecule has 2 N–H and O–H groups in total. The average Bonchev–Trinajstić information content (AvgIpc) is 2.93. The fourth-order valence-electron chi connectivity index (χ4n) is 5.25. The van der Waals surface area contributed by atoms with Gasteiger partial charge in [0.15, 0.2) is 0 Å². The highest BCUT2D eigenvalue weighted by Gasteiger charge is 2.49. The van der Waals surface area contributed by atoms with Crippen LogP contribution in [0, 0.1) is 5.82 Å². The van der Waals surface area contributed by atoms with Gasteiger partial charge in [0.2, 0.25) is 11.8 Å². The number of fused-ring (bicyclic) bond motifs is 3. The molecule has 0 radical (unpaired) electrons. The molecule has 1 fully saturated rings. The average molecular weight is 473 g/mol. The quantitative estimate of drug-likeness (QED) is 0.630. The topological polar surface area (TPSA) is 92.7 Å². The van der Waals surface area contributed by atoms with Gasteiger partial charge in [0, 0.05) is 32.0 Å². The molecule has 3 amide bonds. The van der Waals surface area contributed by atoms with Crippen molar-refractivity contribution in [3.63, 3.8) is 0 Å². The van der Waals surface area contributed by atoms with Gasteiger partial charge in [-0.15, -0.1) is 0 Å². The fraction of sp³-hybridized carbons (Fsp3) is 0.560. The zero-order chi connectivity index (χ0) is 24.5. The number of hydrogen-bond acceptors (Lipinski definition) is 4. The van der Waals surface area contributed by atoms with Crippen LogP contribution in [0.1, 0.15) is 62.9 Å². The second kappa shape index (κ2) is 9.74. The minimum absolute atomic E-state index is 0.0815. The van der Waals surface area contributed by atoms with E-state index in [1.165, 1.54) is 36.8 Å². The van der Waals surface area contributed by atoms with Crippen molar-refractivity contribution in [3.8, 4) is 0 Å². The Labute approximate surface area is 198 Å². The molecule has 184 valence electrons. The van der Waals surface area contributed by atoms with Crippen LogP contribution < -0.4 is 10.6 Å². The van der Waals surface area contributed by atoms with Gasteiger partial charge >= 0.3 is 0 Å². The number of amides is 3. The number of carbonyl (C=O) groups excluding carboxylic acids is 3. The lowest BCUT2D eigenvalue weighted by Crippen LogP contribution is -2.65. The van der Waals surface area contributed by atoms with Crippen LogP contribution >= 0.6 is 0 Å². The molecular weight excluding hydrogens is 439 g/mol. The molecule has 0 bridgehead atoms. The van der Waals surface area contributed by atoms with Crippen LogP contribution in [0.25, 0.3) is 10.9 Å². The molecule has 8 nitrogen and oxygen atoms in total. The van der Waals surface area contributed by atoms with E-state index in [1.807, 2.05) is 0 Å². The summed E-state index contributed by atoms with van der Waals surface area (Å²) in [5.74, 6) is -1.45. The lowest BCUT2D eigenvalue weighted by molar-refractivity contribution is -0.134. The van der Waals surface area contributed by atoms with Crippen molar-refractivity contribution in [1.29, 1.82) is 0 Å². The number of carbonyl (C=O) groups is 3. The Morgan fingerprint density at radius 2 is 1.91 bits per heavy atom. The number of anilines is 1. The van der Waals surface area contributed by atoms with E-state index in [1.54, 1.807) is 24.7 Å². The van der Waals surface area contributed by atoms with Crippen LogP contribution in [0.15, 0.2) is 18.2 Å². The third kappa shape index (κ3) is 4.41. The monoisotopic (exact) mass is 472 g/mol. The summed E-state index contributed by atoms with van der Waals surface area (Å²) in [5.41, 5.74) is -0.0800. The predicted molar refractivity (Wildman–Crippen MR) is 127 cm³/mol. The van der Waals surface area contributed by atoms with Crippen LogP contribution in [-0.4, -0.2) is 59.0 Å². The van der Waals surface area contributed by atoms with Crippen molar-refractivity contribution in [2.45, 2.75) is 70.5 Å². The lowest BCUT2D eigenvalue weighted by Gasteiger charge is -2.44. The summed E-state index contributed by atoms with van der Waals surface area (Å²) in [5, 5.41) is 6.35. The van der Waals surface area contributed by atoms with Crippen molar-refractivity contribution in [3.05, 3.63) is 29.7 Å². The summed E-state index contributed by atoms with van der Waals surface area (Å²) in [4.78, 5) is 41.1. The Morgan fingerprint density at radius 1 is 1.21 bits per heavy atom. The molecule has 1 atom stereocenters. The lowest BCUT2D eigenvalue weighted by atomic mass is 9.93. The molecule has 2 aromatic rings. The maximum Gasteiger partial charge on any atom is 0.273 e. The number of rotatable bonds is 6. The van der Waals surface area contributed by atoms with Crippen molar-refractivity contribution in [1.82, 2.24) is 14.8 Å². The molecule has 1 unspecified atom stereocenters. The Balaban J connectivity index is 1.79. The van der Waals surface area contributed by atoms with E-state index >= 15 is 0 Å². The molecule has 1 aromatic carbocycles. The molecule has 1 aliphatic heterocycles. The van der Waals surface area contributed by atoms with Crippen LogP contribution in [0.3, 0.4) is 0 Å². The molecule has 1 saturated carbocycles. The highest BCUT2D eigenvalue weighted by atomic mass is 19.1. The molecular formula is C25H33FN4O4. The summed E-state index contributed by atoms with van der Waals surface area (Å²) in [6.45, 7) is 3.75. The third-order valence-electron chi connectivity index (χ3n) is 7.03. The first kappa shape index (κ1) is 24.2. The Bertz CT molecular complexity index is 1110. The Kier molecular flexibility index (Phi) is 6.93. The van der Waals surface area contributed by atoms with E-state index in [4.69, 9.17) is 4.74 Å². The highest BCUT2D eigenvalue weighted by Crippen LogP contribution is 2.39.